The van der Waals surface area contributed by atoms with Gasteiger partial charge >= 0.3 is 12.0 Å². The van der Waals surface area contributed by atoms with E-state index in [1.54, 1.807) is 0 Å². The number of rotatable bonds is 6. The number of Topliss-reactive ketones (excluding diaryl/α,β-unsaturated/α-hetero) is 1. The molecule has 156 valence electrons. The lowest BCUT2D eigenvalue weighted by Crippen LogP contribution is -2.54. The zero-order valence-electron chi connectivity index (χ0n) is 16.3. The number of ketones is 1. The highest BCUT2D eigenvalue weighted by molar-refractivity contribution is 6.09. The number of ether oxygens (including phenoxy) is 2. The fourth-order valence-electron chi connectivity index (χ4n) is 3.88. The number of benzene rings is 1. The lowest BCUT2D eigenvalue weighted by molar-refractivity contribution is -0.147. The molecule has 0 radical (unpaired) electrons. The second-order valence-corrected chi connectivity index (χ2v) is 7.37. The molecule has 3 amide bonds. The van der Waals surface area contributed by atoms with Gasteiger partial charge in [-0.05, 0) is 37.0 Å². The van der Waals surface area contributed by atoms with E-state index in [-0.39, 0.29) is 17.2 Å². The highest BCUT2D eigenvalue weighted by atomic mass is 19.1. The van der Waals surface area contributed by atoms with Gasteiger partial charge in [0.05, 0.1) is 7.11 Å². The maximum atomic E-state index is 13.7. The lowest BCUT2D eigenvalue weighted by Gasteiger charge is -2.36. The average molecular weight is 406 g/mol. The van der Waals surface area contributed by atoms with Crippen LogP contribution >= 0.6 is 0 Å². The molecule has 3 rings (SSSR count). The molecule has 29 heavy (non-hydrogen) atoms. The molecule has 1 aliphatic heterocycles. The Morgan fingerprint density at radius 2 is 2.07 bits per heavy atom. The third-order valence-corrected chi connectivity index (χ3v) is 5.63. The van der Waals surface area contributed by atoms with Crippen molar-refractivity contribution in [3.8, 4) is 5.75 Å². The molecular weight excluding hydrogens is 383 g/mol. The topological polar surface area (TPSA) is 102 Å². The molecule has 1 saturated carbocycles. The molecule has 2 aliphatic rings. The second kappa shape index (κ2) is 8.18. The smallest absolute Gasteiger partial charge is 0.326 e. The minimum atomic E-state index is -0.966. The van der Waals surface area contributed by atoms with Crippen molar-refractivity contribution >= 4 is 23.7 Å². The summed E-state index contributed by atoms with van der Waals surface area (Å²) in [6, 6.07) is 3.00. The minimum absolute atomic E-state index is 0.0111. The van der Waals surface area contributed by atoms with Crippen LogP contribution in [0.5, 0.6) is 5.75 Å². The molecule has 1 heterocycles. The van der Waals surface area contributed by atoms with Crippen molar-refractivity contribution in [2.24, 2.45) is 5.92 Å². The van der Waals surface area contributed by atoms with Crippen molar-refractivity contribution < 1.29 is 33.0 Å². The Morgan fingerprint density at radius 1 is 1.31 bits per heavy atom. The Kier molecular flexibility index (Phi) is 5.86. The SMILES string of the molecule is COc1ccc(C(=O)COC(=O)CN2C(=O)NC3(CCCCC3C)C2=O)cc1F. The molecule has 1 aliphatic carbocycles. The molecule has 1 N–H and O–H groups in total. The zero-order chi connectivity index (χ0) is 21.2. The largest absolute Gasteiger partial charge is 0.494 e. The summed E-state index contributed by atoms with van der Waals surface area (Å²) in [6.45, 7) is 0.699. The molecule has 9 heteroatoms. The molecule has 2 unspecified atom stereocenters. The Labute approximate surface area is 167 Å². The van der Waals surface area contributed by atoms with E-state index in [4.69, 9.17) is 9.47 Å². The summed E-state index contributed by atoms with van der Waals surface area (Å²) < 4.78 is 23.4. The Balaban J connectivity index is 1.58. The van der Waals surface area contributed by atoms with Gasteiger partial charge in [-0.2, -0.15) is 0 Å². The summed E-state index contributed by atoms with van der Waals surface area (Å²) in [4.78, 5) is 50.1. The summed E-state index contributed by atoms with van der Waals surface area (Å²) in [6.07, 6.45) is 3.16. The van der Waals surface area contributed by atoms with E-state index in [0.717, 1.165) is 30.2 Å². The molecule has 1 spiro atoms. The number of nitrogens with one attached hydrogen (secondary N) is 1. The van der Waals surface area contributed by atoms with E-state index in [0.29, 0.717) is 6.42 Å². The first-order valence-electron chi connectivity index (χ1n) is 9.45. The molecule has 0 bridgehead atoms. The van der Waals surface area contributed by atoms with Gasteiger partial charge in [-0.1, -0.05) is 19.8 Å². The van der Waals surface area contributed by atoms with Crippen molar-refractivity contribution in [2.45, 2.75) is 38.1 Å². The van der Waals surface area contributed by atoms with Crippen LogP contribution in [-0.2, 0) is 14.3 Å². The van der Waals surface area contributed by atoms with Crippen LogP contribution in [0.2, 0.25) is 0 Å². The standard InChI is InChI=1S/C20H23FN2O6/c1-12-5-3-4-8-20(12)18(26)23(19(27)22-20)10-17(25)29-11-15(24)13-6-7-16(28-2)14(21)9-13/h6-7,9,12H,3-5,8,10-11H2,1-2H3,(H,22,27). The van der Waals surface area contributed by atoms with Crippen LogP contribution in [0.4, 0.5) is 9.18 Å². The van der Waals surface area contributed by atoms with Crippen LogP contribution in [0, 0.1) is 11.7 Å². The monoisotopic (exact) mass is 406 g/mol. The van der Waals surface area contributed by atoms with Gasteiger partial charge in [0.1, 0.15) is 12.1 Å². The number of hydrogen-bond acceptors (Lipinski definition) is 6. The maximum absolute atomic E-state index is 13.7. The number of amides is 3. The van der Waals surface area contributed by atoms with Crippen LogP contribution in [0.25, 0.3) is 0 Å². The maximum Gasteiger partial charge on any atom is 0.326 e. The highest BCUT2D eigenvalue weighted by Gasteiger charge is 2.55. The summed E-state index contributed by atoms with van der Waals surface area (Å²) in [5, 5.41) is 2.74. The van der Waals surface area contributed by atoms with Crippen LogP contribution < -0.4 is 10.1 Å². The lowest BCUT2D eigenvalue weighted by atomic mass is 9.73. The van der Waals surface area contributed by atoms with Gasteiger partial charge in [-0.25, -0.2) is 9.18 Å². The Bertz CT molecular complexity index is 857. The van der Waals surface area contributed by atoms with E-state index in [2.05, 4.69) is 5.32 Å². The number of hydrogen-bond donors (Lipinski definition) is 1. The van der Waals surface area contributed by atoms with Gasteiger partial charge in [0, 0.05) is 5.56 Å². The molecular formula is C20H23FN2O6. The average Bonchev–Trinajstić information content (AvgIpc) is 2.93. The first-order chi connectivity index (χ1) is 13.8. The van der Waals surface area contributed by atoms with Crippen molar-refractivity contribution in [3.05, 3.63) is 29.6 Å². The van der Waals surface area contributed by atoms with Crippen LogP contribution in [0.15, 0.2) is 18.2 Å². The third-order valence-electron chi connectivity index (χ3n) is 5.63. The Morgan fingerprint density at radius 3 is 2.72 bits per heavy atom. The molecule has 2 fully saturated rings. The predicted molar refractivity (Wildman–Crippen MR) is 98.8 cm³/mol. The summed E-state index contributed by atoms with van der Waals surface area (Å²) in [5.74, 6) is -2.69. The number of urea groups is 1. The first-order valence-corrected chi connectivity index (χ1v) is 9.45. The highest BCUT2D eigenvalue weighted by Crippen LogP contribution is 2.38. The molecule has 1 saturated heterocycles. The Hall–Kier alpha value is -2.97. The van der Waals surface area contributed by atoms with Gasteiger partial charge in [-0.3, -0.25) is 19.3 Å². The zero-order valence-corrected chi connectivity index (χ0v) is 16.3. The number of imide groups is 1. The molecule has 8 nitrogen and oxygen atoms in total. The second-order valence-electron chi connectivity index (χ2n) is 7.37. The van der Waals surface area contributed by atoms with Crippen molar-refractivity contribution in [3.63, 3.8) is 0 Å². The number of halogens is 1. The predicted octanol–water partition coefficient (Wildman–Crippen LogP) is 2.06. The normalized spacial score (nSPS) is 23.8. The fourth-order valence-corrected chi connectivity index (χ4v) is 3.88. The molecule has 0 aromatic heterocycles. The quantitative estimate of drug-likeness (QED) is 0.441. The van der Waals surface area contributed by atoms with E-state index in [1.807, 2.05) is 6.92 Å². The fraction of sp³-hybridized carbons (Fsp3) is 0.500. The van der Waals surface area contributed by atoms with Crippen LogP contribution in [-0.4, -0.2) is 54.4 Å². The van der Waals surface area contributed by atoms with E-state index >= 15 is 0 Å². The number of esters is 1. The molecule has 2 atom stereocenters. The molecule has 1 aromatic rings. The van der Waals surface area contributed by atoms with E-state index in [1.165, 1.54) is 19.2 Å². The van der Waals surface area contributed by atoms with Crippen molar-refractivity contribution in [2.75, 3.05) is 20.3 Å². The first kappa shape index (κ1) is 20.8. The van der Waals surface area contributed by atoms with Crippen molar-refractivity contribution in [1.82, 2.24) is 10.2 Å². The van der Waals surface area contributed by atoms with Gasteiger partial charge in [0.25, 0.3) is 5.91 Å². The van der Waals surface area contributed by atoms with Crippen LogP contribution in [0.1, 0.15) is 43.0 Å². The van der Waals surface area contributed by atoms with Gasteiger partial charge < -0.3 is 14.8 Å². The van der Waals surface area contributed by atoms with Crippen molar-refractivity contribution in [1.29, 1.82) is 0 Å². The summed E-state index contributed by atoms with van der Waals surface area (Å²) in [5.41, 5.74) is -0.951. The van der Waals surface area contributed by atoms with Gasteiger partial charge in [0.15, 0.2) is 24.0 Å². The number of methoxy groups -OCH3 is 1. The minimum Gasteiger partial charge on any atom is -0.494 e. The van der Waals surface area contributed by atoms with Gasteiger partial charge in [0.2, 0.25) is 0 Å². The third kappa shape index (κ3) is 3.94. The number of carbonyl (C=O) groups is 4. The van der Waals surface area contributed by atoms with Crippen LogP contribution in [0.3, 0.4) is 0 Å². The molecule has 1 aromatic carbocycles. The van der Waals surface area contributed by atoms with E-state index in [9.17, 15) is 23.6 Å². The number of carbonyl (C=O) groups excluding carboxylic acids is 4. The summed E-state index contributed by atoms with van der Waals surface area (Å²) >= 11 is 0. The summed E-state index contributed by atoms with van der Waals surface area (Å²) in [7, 11) is 1.30. The van der Waals surface area contributed by atoms with Gasteiger partial charge in [-0.15, -0.1) is 0 Å². The number of nitrogens with zero attached hydrogens (tertiary/aromatic N) is 1. The van der Waals surface area contributed by atoms with E-state index < -0.39 is 48.2 Å².